The number of fused-ring (bicyclic) bond motifs is 1. The van der Waals surface area contributed by atoms with Gasteiger partial charge in [0.2, 0.25) is 0 Å². The Morgan fingerprint density at radius 3 is 3.25 bits per heavy atom. The molecule has 64 valence electrons. The number of nitrogens with two attached hydrogens (primary N) is 1. The Bertz CT molecular complexity index is 288. The zero-order valence-corrected chi connectivity index (χ0v) is 7.03. The van der Waals surface area contributed by atoms with Crippen LogP contribution in [0.1, 0.15) is 18.5 Å². The fraction of sp³-hybridized carbons (Fsp3) is 0.444. The number of nitrogens with zero attached hydrogens (tertiary/aromatic N) is 1. The van der Waals surface area contributed by atoms with Crippen LogP contribution in [0.4, 0.5) is 0 Å². The van der Waals surface area contributed by atoms with Crippen LogP contribution in [0.3, 0.4) is 0 Å². The van der Waals surface area contributed by atoms with Crippen LogP contribution >= 0.6 is 0 Å². The molecule has 0 radical (unpaired) electrons. The molecule has 12 heavy (non-hydrogen) atoms. The van der Waals surface area contributed by atoms with Crippen molar-refractivity contribution in [2.75, 3.05) is 6.54 Å². The van der Waals surface area contributed by atoms with Crippen molar-refractivity contribution in [2.24, 2.45) is 5.73 Å². The van der Waals surface area contributed by atoms with Gasteiger partial charge in [-0.3, -0.25) is 4.98 Å². The van der Waals surface area contributed by atoms with Crippen molar-refractivity contribution in [1.29, 1.82) is 0 Å². The predicted molar refractivity (Wildman–Crippen MR) is 46.1 cm³/mol. The summed E-state index contributed by atoms with van der Waals surface area (Å²) in [5, 5.41) is 0. The van der Waals surface area contributed by atoms with Crippen molar-refractivity contribution in [2.45, 2.75) is 18.9 Å². The van der Waals surface area contributed by atoms with Crippen LogP contribution in [0, 0.1) is 0 Å². The maximum Gasteiger partial charge on any atom is 0.141 e. The Balaban J connectivity index is 2.40. The molecule has 0 fully saturated rings. The first-order valence-electron chi connectivity index (χ1n) is 4.14. The fourth-order valence-corrected chi connectivity index (χ4v) is 1.59. The monoisotopic (exact) mass is 164 g/mol. The quantitative estimate of drug-likeness (QED) is 0.671. The predicted octanol–water partition coefficient (Wildman–Crippen LogP) is 0.905. The highest BCUT2D eigenvalue weighted by Gasteiger charge is 2.30. The lowest BCUT2D eigenvalue weighted by Crippen LogP contribution is -2.22. The molecule has 2 N–H and O–H groups in total. The summed E-state index contributed by atoms with van der Waals surface area (Å²) < 4.78 is 5.57. The highest BCUT2D eigenvalue weighted by molar-refractivity contribution is 5.35. The molecule has 0 bridgehead atoms. The molecule has 0 saturated carbocycles. The van der Waals surface area contributed by atoms with E-state index in [9.17, 15) is 0 Å². The second-order valence-electron chi connectivity index (χ2n) is 3.05. The largest absolute Gasteiger partial charge is 0.488 e. The van der Waals surface area contributed by atoms with Crippen molar-refractivity contribution >= 4 is 0 Å². The number of rotatable bonds is 1. The van der Waals surface area contributed by atoms with Gasteiger partial charge in [0.15, 0.2) is 0 Å². The van der Waals surface area contributed by atoms with Gasteiger partial charge in [0.05, 0.1) is 11.6 Å². The third-order valence-corrected chi connectivity index (χ3v) is 2.28. The van der Waals surface area contributed by atoms with E-state index in [4.69, 9.17) is 10.5 Å². The van der Waals surface area contributed by atoms with Gasteiger partial charge in [0.25, 0.3) is 0 Å². The van der Waals surface area contributed by atoms with E-state index in [1.165, 1.54) is 0 Å². The summed E-state index contributed by atoms with van der Waals surface area (Å²) in [5.41, 5.74) is 6.63. The number of hydrogen-bond acceptors (Lipinski definition) is 3. The second kappa shape index (κ2) is 2.75. The van der Waals surface area contributed by atoms with Crippen LogP contribution < -0.4 is 10.5 Å². The van der Waals surface area contributed by atoms with E-state index in [1.807, 2.05) is 19.1 Å². The number of aromatic nitrogens is 1. The Kier molecular flexibility index (Phi) is 1.73. The molecule has 1 aliphatic rings. The molecule has 2 rings (SSSR count). The molecule has 0 saturated heterocycles. The summed E-state index contributed by atoms with van der Waals surface area (Å²) in [6, 6.07) is 3.82. The van der Waals surface area contributed by atoms with Gasteiger partial charge in [-0.25, -0.2) is 0 Å². The standard InChI is InChI=1S/C9H12N2O/c1-6-7(5-10)9-8(12-6)3-2-4-11-9/h2-4,6-7H,5,10H2,1H3/t6-,7+/m1/s1. The zero-order chi connectivity index (χ0) is 8.55. The normalized spacial score (nSPS) is 26.5. The lowest BCUT2D eigenvalue weighted by molar-refractivity contribution is 0.228. The lowest BCUT2D eigenvalue weighted by atomic mass is 10.0. The molecule has 1 aromatic heterocycles. The third kappa shape index (κ3) is 0.975. The van der Waals surface area contributed by atoms with Crippen molar-refractivity contribution in [3.8, 4) is 5.75 Å². The number of pyridine rings is 1. The van der Waals surface area contributed by atoms with Crippen LogP contribution in [-0.2, 0) is 0 Å². The van der Waals surface area contributed by atoms with E-state index in [-0.39, 0.29) is 12.0 Å². The first kappa shape index (κ1) is 7.55. The van der Waals surface area contributed by atoms with E-state index in [1.54, 1.807) is 6.20 Å². The molecule has 1 aromatic rings. The summed E-state index contributed by atoms with van der Waals surface area (Å²) in [7, 11) is 0. The first-order chi connectivity index (χ1) is 5.83. The average molecular weight is 164 g/mol. The van der Waals surface area contributed by atoms with Crippen molar-refractivity contribution < 1.29 is 4.74 Å². The molecule has 0 amide bonds. The van der Waals surface area contributed by atoms with E-state index in [2.05, 4.69) is 4.98 Å². The maximum atomic E-state index is 5.62. The molecule has 3 nitrogen and oxygen atoms in total. The smallest absolute Gasteiger partial charge is 0.141 e. The molecule has 0 spiro atoms. The summed E-state index contributed by atoms with van der Waals surface area (Å²) in [6.45, 7) is 2.63. The van der Waals surface area contributed by atoms with Gasteiger partial charge < -0.3 is 10.5 Å². The first-order valence-corrected chi connectivity index (χ1v) is 4.14. The van der Waals surface area contributed by atoms with E-state index >= 15 is 0 Å². The van der Waals surface area contributed by atoms with E-state index in [0.29, 0.717) is 6.54 Å². The minimum atomic E-state index is 0.167. The van der Waals surface area contributed by atoms with Crippen molar-refractivity contribution in [1.82, 2.24) is 4.98 Å². The highest BCUT2D eigenvalue weighted by atomic mass is 16.5. The molecule has 0 aliphatic carbocycles. The molecular formula is C9H12N2O. The van der Waals surface area contributed by atoms with Crippen LogP contribution in [-0.4, -0.2) is 17.6 Å². The van der Waals surface area contributed by atoms with Gasteiger partial charge >= 0.3 is 0 Å². The van der Waals surface area contributed by atoms with Crippen molar-refractivity contribution in [3.05, 3.63) is 24.0 Å². The fourth-order valence-electron chi connectivity index (χ4n) is 1.59. The molecule has 2 heterocycles. The molecule has 0 unspecified atom stereocenters. The lowest BCUT2D eigenvalue weighted by Gasteiger charge is -2.10. The Labute approximate surface area is 71.6 Å². The van der Waals surface area contributed by atoms with Gasteiger partial charge in [-0.15, -0.1) is 0 Å². The van der Waals surface area contributed by atoms with Crippen LogP contribution in [0.15, 0.2) is 18.3 Å². The Morgan fingerprint density at radius 2 is 2.50 bits per heavy atom. The number of hydrogen-bond donors (Lipinski definition) is 1. The molecule has 2 atom stereocenters. The van der Waals surface area contributed by atoms with Gasteiger partial charge in [0.1, 0.15) is 11.9 Å². The van der Waals surface area contributed by atoms with E-state index in [0.717, 1.165) is 11.4 Å². The number of ether oxygens (including phenoxy) is 1. The summed E-state index contributed by atoms with van der Waals surface area (Å²) in [5.74, 6) is 1.15. The summed E-state index contributed by atoms with van der Waals surface area (Å²) >= 11 is 0. The van der Waals surface area contributed by atoms with Crippen LogP contribution in [0.2, 0.25) is 0 Å². The molecule has 3 heteroatoms. The van der Waals surface area contributed by atoms with E-state index < -0.39 is 0 Å². The van der Waals surface area contributed by atoms with Crippen LogP contribution in [0.25, 0.3) is 0 Å². The van der Waals surface area contributed by atoms with Crippen LogP contribution in [0.5, 0.6) is 5.75 Å². The van der Waals surface area contributed by atoms with Gasteiger partial charge in [-0.05, 0) is 19.1 Å². The van der Waals surface area contributed by atoms with Gasteiger partial charge in [-0.1, -0.05) is 0 Å². The minimum absolute atomic E-state index is 0.167. The summed E-state index contributed by atoms with van der Waals surface area (Å²) in [6.07, 6.45) is 1.95. The topological polar surface area (TPSA) is 48.1 Å². The Morgan fingerprint density at radius 1 is 1.67 bits per heavy atom. The SMILES string of the molecule is C[C@H]1Oc2cccnc2[C@H]1CN. The second-order valence-corrected chi connectivity index (χ2v) is 3.05. The minimum Gasteiger partial charge on any atom is -0.488 e. The molecule has 1 aliphatic heterocycles. The molecule has 0 aromatic carbocycles. The zero-order valence-electron chi connectivity index (χ0n) is 7.03. The average Bonchev–Trinajstić information content (AvgIpc) is 2.40. The van der Waals surface area contributed by atoms with Crippen molar-refractivity contribution in [3.63, 3.8) is 0 Å². The third-order valence-electron chi connectivity index (χ3n) is 2.28. The van der Waals surface area contributed by atoms with Gasteiger partial charge in [0, 0.05) is 12.7 Å². The maximum absolute atomic E-state index is 5.62. The molecular weight excluding hydrogens is 152 g/mol. The highest BCUT2D eigenvalue weighted by Crippen LogP contribution is 2.35. The summed E-state index contributed by atoms with van der Waals surface area (Å²) in [4.78, 5) is 4.26. The Hall–Kier alpha value is -1.09. The van der Waals surface area contributed by atoms with Gasteiger partial charge in [-0.2, -0.15) is 0 Å².